The average Bonchev–Trinajstić information content (AvgIpc) is 2.46. The van der Waals surface area contributed by atoms with Gasteiger partial charge in [-0.15, -0.1) is 0 Å². The molecule has 0 bridgehead atoms. The van der Waals surface area contributed by atoms with Crippen molar-refractivity contribution in [2.75, 3.05) is 0 Å². The molecule has 0 atom stereocenters. The molecule has 0 N–H and O–H groups in total. The fraction of sp³-hybridized carbons (Fsp3) is 0.0625. The first kappa shape index (κ1) is 14.8. The number of halogens is 3. The molecule has 0 spiro atoms. The van der Waals surface area contributed by atoms with E-state index in [1.165, 1.54) is 48.6 Å². The first-order chi connectivity index (χ1) is 10.0. The summed E-state index contributed by atoms with van der Waals surface area (Å²) < 4.78 is 40.9. The Morgan fingerprint density at radius 2 is 1.62 bits per heavy atom. The van der Waals surface area contributed by atoms with Crippen molar-refractivity contribution in [3.63, 3.8) is 0 Å². The number of benzene rings is 2. The Kier molecular flexibility index (Phi) is 4.77. The first-order valence-corrected chi connectivity index (χ1v) is 6.07. The van der Waals surface area contributed by atoms with Crippen LogP contribution in [0, 0.1) is 5.82 Å². The molecule has 2 aromatic rings. The van der Waals surface area contributed by atoms with E-state index in [0.717, 1.165) is 0 Å². The van der Waals surface area contributed by atoms with Crippen LogP contribution < -0.4 is 4.74 Å². The van der Waals surface area contributed by atoms with Crippen LogP contribution in [0.3, 0.4) is 0 Å². The second kappa shape index (κ2) is 6.74. The van der Waals surface area contributed by atoms with Crippen molar-refractivity contribution in [1.82, 2.24) is 0 Å². The van der Waals surface area contributed by atoms with Gasteiger partial charge in [0.2, 0.25) is 0 Å². The molecule has 2 rings (SSSR count). The van der Waals surface area contributed by atoms with Crippen LogP contribution in [0.5, 0.6) is 5.75 Å². The molecule has 0 saturated carbocycles. The Morgan fingerprint density at radius 3 is 2.19 bits per heavy atom. The fourth-order valence-corrected chi connectivity index (χ4v) is 1.64. The Balaban J connectivity index is 2.03. The van der Waals surface area contributed by atoms with Crippen molar-refractivity contribution in [2.24, 2.45) is 0 Å². The molecule has 0 saturated heterocycles. The van der Waals surface area contributed by atoms with Crippen LogP contribution in [0.2, 0.25) is 0 Å². The highest BCUT2D eigenvalue weighted by Gasteiger charge is 2.04. The lowest BCUT2D eigenvalue weighted by Crippen LogP contribution is -2.01. The summed E-state index contributed by atoms with van der Waals surface area (Å²) in [4.78, 5) is 11.8. The molecule has 0 radical (unpaired) electrons. The minimum absolute atomic E-state index is 0.0482. The number of alkyl halides is 2. The number of ether oxygens (including phenoxy) is 1. The zero-order valence-corrected chi connectivity index (χ0v) is 10.8. The molecule has 2 aromatic carbocycles. The van der Waals surface area contributed by atoms with Crippen molar-refractivity contribution in [2.45, 2.75) is 6.61 Å². The van der Waals surface area contributed by atoms with Gasteiger partial charge in [0.25, 0.3) is 0 Å². The van der Waals surface area contributed by atoms with Crippen molar-refractivity contribution < 1.29 is 22.7 Å². The molecule has 5 heteroatoms. The monoisotopic (exact) mass is 292 g/mol. The second-order valence-corrected chi connectivity index (χ2v) is 4.15. The van der Waals surface area contributed by atoms with Crippen LogP contribution in [0.15, 0.2) is 54.6 Å². The lowest BCUT2D eigenvalue weighted by atomic mass is 10.1. The molecule has 21 heavy (non-hydrogen) atoms. The summed E-state index contributed by atoms with van der Waals surface area (Å²) in [6, 6.07) is 11.1. The summed E-state index contributed by atoms with van der Waals surface area (Å²) >= 11 is 0. The van der Waals surface area contributed by atoms with Gasteiger partial charge in [0.15, 0.2) is 5.78 Å². The van der Waals surface area contributed by atoms with Crippen LogP contribution in [0.25, 0.3) is 6.08 Å². The average molecular weight is 292 g/mol. The lowest BCUT2D eigenvalue weighted by molar-refractivity contribution is -0.0498. The Hall–Kier alpha value is -2.56. The smallest absolute Gasteiger partial charge is 0.387 e. The molecular weight excluding hydrogens is 281 g/mol. The van der Waals surface area contributed by atoms with Gasteiger partial charge < -0.3 is 4.74 Å². The highest BCUT2D eigenvalue weighted by molar-refractivity contribution is 6.06. The van der Waals surface area contributed by atoms with Gasteiger partial charge in [-0.05, 0) is 48.0 Å². The topological polar surface area (TPSA) is 26.3 Å². The van der Waals surface area contributed by atoms with E-state index in [-0.39, 0.29) is 11.5 Å². The van der Waals surface area contributed by atoms with E-state index in [4.69, 9.17) is 0 Å². The van der Waals surface area contributed by atoms with Crippen LogP contribution >= 0.6 is 0 Å². The maximum absolute atomic E-state index is 12.7. The maximum atomic E-state index is 12.7. The predicted molar refractivity (Wildman–Crippen MR) is 72.8 cm³/mol. The standard InChI is InChI=1S/C16H11F3O2/c17-13-6-4-12(5-7-13)15(20)10-3-11-1-8-14(9-2-11)21-16(18)19/h1-10,16H. The van der Waals surface area contributed by atoms with Crippen LogP contribution in [0.4, 0.5) is 13.2 Å². The summed E-state index contributed by atoms with van der Waals surface area (Å²) in [7, 11) is 0. The lowest BCUT2D eigenvalue weighted by Gasteiger charge is -2.03. The predicted octanol–water partition coefficient (Wildman–Crippen LogP) is 4.32. The molecule has 0 fully saturated rings. The van der Waals surface area contributed by atoms with Gasteiger partial charge in [-0.3, -0.25) is 4.79 Å². The summed E-state index contributed by atoms with van der Waals surface area (Å²) in [5.41, 5.74) is 1.03. The number of hydrogen-bond donors (Lipinski definition) is 0. The van der Waals surface area contributed by atoms with E-state index < -0.39 is 12.4 Å². The van der Waals surface area contributed by atoms with Crippen molar-refractivity contribution in [3.8, 4) is 5.75 Å². The van der Waals surface area contributed by atoms with Gasteiger partial charge in [-0.1, -0.05) is 18.2 Å². The third kappa shape index (κ3) is 4.49. The summed E-state index contributed by atoms with van der Waals surface area (Å²) in [6.45, 7) is -2.87. The van der Waals surface area contributed by atoms with E-state index in [0.29, 0.717) is 11.1 Å². The van der Waals surface area contributed by atoms with E-state index >= 15 is 0 Å². The van der Waals surface area contributed by atoms with Crippen LogP contribution in [-0.2, 0) is 0 Å². The SMILES string of the molecule is O=C(C=Cc1ccc(OC(F)F)cc1)c1ccc(F)cc1. The molecule has 2 nitrogen and oxygen atoms in total. The highest BCUT2D eigenvalue weighted by Crippen LogP contribution is 2.16. The van der Waals surface area contributed by atoms with Gasteiger partial charge in [0.1, 0.15) is 11.6 Å². The zero-order chi connectivity index (χ0) is 15.2. The first-order valence-electron chi connectivity index (χ1n) is 6.07. The number of ketones is 1. The Labute approximate surface area is 119 Å². The molecule has 0 amide bonds. The van der Waals surface area contributed by atoms with Crippen molar-refractivity contribution in [3.05, 3.63) is 71.6 Å². The van der Waals surface area contributed by atoms with Gasteiger partial charge in [0, 0.05) is 5.56 Å². The van der Waals surface area contributed by atoms with Crippen molar-refractivity contribution >= 4 is 11.9 Å². The van der Waals surface area contributed by atoms with Gasteiger partial charge in [-0.25, -0.2) is 4.39 Å². The Bertz CT molecular complexity index is 632. The molecule has 108 valence electrons. The summed E-state index contributed by atoms with van der Waals surface area (Å²) in [5, 5.41) is 0. The molecular formula is C16H11F3O2. The summed E-state index contributed by atoms with van der Waals surface area (Å²) in [6.07, 6.45) is 2.87. The minimum atomic E-state index is -2.87. The Morgan fingerprint density at radius 1 is 1.00 bits per heavy atom. The number of allylic oxidation sites excluding steroid dienone is 1. The molecule has 0 aliphatic heterocycles. The number of carbonyl (C=O) groups excluding carboxylic acids is 1. The minimum Gasteiger partial charge on any atom is -0.435 e. The third-order valence-corrected chi connectivity index (χ3v) is 2.66. The molecule has 0 aliphatic carbocycles. The molecule has 0 heterocycles. The summed E-state index contributed by atoms with van der Waals surface area (Å²) in [5.74, 6) is -0.639. The van der Waals surface area contributed by atoms with E-state index in [9.17, 15) is 18.0 Å². The fourth-order valence-electron chi connectivity index (χ4n) is 1.64. The number of carbonyl (C=O) groups is 1. The number of rotatable bonds is 5. The van der Waals surface area contributed by atoms with Crippen molar-refractivity contribution in [1.29, 1.82) is 0 Å². The van der Waals surface area contributed by atoms with E-state index in [1.54, 1.807) is 12.1 Å². The quantitative estimate of drug-likeness (QED) is 0.606. The molecule has 0 aromatic heterocycles. The van der Waals surface area contributed by atoms with E-state index in [2.05, 4.69) is 4.74 Å². The largest absolute Gasteiger partial charge is 0.435 e. The molecule has 0 aliphatic rings. The van der Waals surface area contributed by atoms with Crippen LogP contribution in [0.1, 0.15) is 15.9 Å². The molecule has 0 unspecified atom stereocenters. The van der Waals surface area contributed by atoms with Crippen LogP contribution in [-0.4, -0.2) is 12.4 Å². The zero-order valence-electron chi connectivity index (χ0n) is 10.8. The van der Waals surface area contributed by atoms with Gasteiger partial charge in [0.05, 0.1) is 0 Å². The number of hydrogen-bond acceptors (Lipinski definition) is 2. The van der Waals surface area contributed by atoms with Gasteiger partial charge in [-0.2, -0.15) is 8.78 Å². The van der Waals surface area contributed by atoms with Gasteiger partial charge >= 0.3 is 6.61 Å². The maximum Gasteiger partial charge on any atom is 0.387 e. The highest BCUT2D eigenvalue weighted by atomic mass is 19.3. The second-order valence-electron chi connectivity index (χ2n) is 4.15. The third-order valence-electron chi connectivity index (χ3n) is 2.66. The van der Waals surface area contributed by atoms with E-state index in [1.807, 2.05) is 0 Å². The normalized spacial score (nSPS) is 11.0.